The van der Waals surface area contributed by atoms with Gasteiger partial charge in [0.2, 0.25) is 0 Å². The Hall–Kier alpha value is -1.09. The molecular weight excluding hydrogens is 241 g/mol. The fourth-order valence-corrected chi connectivity index (χ4v) is 1.78. The molecule has 0 aromatic heterocycles. The van der Waals surface area contributed by atoms with Crippen LogP contribution in [0.4, 0.5) is 4.39 Å². The molecule has 1 aromatic rings. The van der Waals surface area contributed by atoms with Crippen molar-refractivity contribution in [3.63, 3.8) is 0 Å². The highest BCUT2D eigenvalue weighted by Gasteiger charge is 2.11. The summed E-state index contributed by atoms with van der Waals surface area (Å²) in [6.45, 7) is 9.86. The second kappa shape index (κ2) is 8.16. The molecule has 1 aromatic carbocycles. The fraction of sp³-hybridized carbons (Fsp3) is 0.625. The van der Waals surface area contributed by atoms with E-state index in [1.54, 1.807) is 0 Å². The fourth-order valence-electron chi connectivity index (χ4n) is 1.78. The van der Waals surface area contributed by atoms with Gasteiger partial charge in [0.15, 0.2) is 0 Å². The summed E-state index contributed by atoms with van der Waals surface area (Å²) in [4.78, 5) is 0. The lowest BCUT2D eigenvalue weighted by Gasteiger charge is -2.16. The molecule has 2 unspecified atom stereocenters. The van der Waals surface area contributed by atoms with Crippen molar-refractivity contribution >= 4 is 0 Å². The monoisotopic (exact) mass is 267 g/mol. The number of hydrogen-bond acceptors (Lipinski definition) is 2. The molecule has 108 valence electrons. The molecule has 1 rings (SSSR count). The summed E-state index contributed by atoms with van der Waals surface area (Å²) in [7, 11) is 0. The number of benzene rings is 1. The largest absolute Gasteiger partial charge is 0.493 e. The predicted octanol–water partition coefficient (Wildman–Crippen LogP) is 4.31. The second-order valence-electron chi connectivity index (χ2n) is 5.18. The van der Waals surface area contributed by atoms with Crippen molar-refractivity contribution in [1.82, 2.24) is 5.32 Å². The maximum Gasteiger partial charge on any atom is 0.131 e. The Morgan fingerprint density at radius 1 is 1.26 bits per heavy atom. The van der Waals surface area contributed by atoms with Gasteiger partial charge < -0.3 is 10.1 Å². The first-order valence-electron chi connectivity index (χ1n) is 7.24. The minimum absolute atomic E-state index is 0.0311. The van der Waals surface area contributed by atoms with Gasteiger partial charge in [-0.2, -0.15) is 0 Å². The van der Waals surface area contributed by atoms with Crippen LogP contribution in [0.25, 0.3) is 0 Å². The van der Waals surface area contributed by atoms with Crippen LogP contribution in [0.5, 0.6) is 5.75 Å². The van der Waals surface area contributed by atoms with Crippen molar-refractivity contribution < 1.29 is 9.13 Å². The smallest absolute Gasteiger partial charge is 0.131 e. The first kappa shape index (κ1) is 16.0. The highest BCUT2D eigenvalue weighted by molar-refractivity contribution is 5.30. The van der Waals surface area contributed by atoms with Crippen LogP contribution >= 0.6 is 0 Å². The third kappa shape index (κ3) is 5.19. The van der Waals surface area contributed by atoms with Gasteiger partial charge in [0.05, 0.1) is 6.61 Å². The van der Waals surface area contributed by atoms with E-state index in [0.29, 0.717) is 23.8 Å². The summed E-state index contributed by atoms with van der Waals surface area (Å²) < 4.78 is 19.6. The van der Waals surface area contributed by atoms with Crippen molar-refractivity contribution in [1.29, 1.82) is 0 Å². The SMILES string of the molecule is CCCNC(C)c1ccc(OCC(C)CC)cc1F. The van der Waals surface area contributed by atoms with Crippen LogP contribution in [0.15, 0.2) is 18.2 Å². The molecule has 1 N–H and O–H groups in total. The van der Waals surface area contributed by atoms with E-state index < -0.39 is 0 Å². The minimum Gasteiger partial charge on any atom is -0.493 e. The zero-order valence-corrected chi connectivity index (χ0v) is 12.5. The quantitative estimate of drug-likeness (QED) is 0.757. The molecule has 0 radical (unpaired) electrons. The first-order valence-corrected chi connectivity index (χ1v) is 7.24. The molecule has 19 heavy (non-hydrogen) atoms. The Labute approximate surface area is 116 Å². The maximum atomic E-state index is 14.0. The Morgan fingerprint density at radius 2 is 2.00 bits per heavy atom. The van der Waals surface area contributed by atoms with Crippen LogP contribution in [-0.4, -0.2) is 13.2 Å². The number of ether oxygens (including phenoxy) is 1. The van der Waals surface area contributed by atoms with Gasteiger partial charge in [-0.25, -0.2) is 4.39 Å². The van der Waals surface area contributed by atoms with Crippen LogP contribution in [0, 0.1) is 11.7 Å². The molecule has 2 nitrogen and oxygen atoms in total. The molecule has 3 heteroatoms. The standard InChI is InChI=1S/C16H26FNO/c1-5-9-18-13(4)15-8-7-14(10-16(15)17)19-11-12(3)6-2/h7-8,10,12-13,18H,5-6,9,11H2,1-4H3. The highest BCUT2D eigenvalue weighted by Crippen LogP contribution is 2.22. The highest BCUT2D eigenvalue weighted by atomic mass is 19.1. The maximum absolute atomic E-state index is 14.0. The molecule has 0 heterocycles. The zero-order chi connectivity index (χ0) is 14.3. The first-order chi connectivity index (χ1) is 9.08. The Morgan fingerprint density at radius 3 is 2.58 bits per heavy atom. The molecule has 2 atom stereocenters. The van der Waals surface area contributed by atoms with E-state index in [1.165, 1.54) is 6.07 Å². The molecule has 0 aliphatic heterocycles. The van der Waals surface area contributed by atoms with E-state index in [-0.39, 0.29) is 11.9 Å². The van der Waals surface area contributed by atoms with Gasteiger partial charge >= 0.3 is 0 Å². The number of rotatable bonds is 8. The molecule has 0 aliphatic rings. The normalized spacial score (nSPS) is 14.2. The van der Waals surface area contributed by atoms with Crippen LogP contribution < -0.4 is 10.1 Å². The predicted molar refractivity (Wildman–Crippen MR) is 78.1 cm³/mol. The van der Waals surface area contributed by atoms with E-state index in [2.05, 4.69) is 26.1 Å². The molecular formula is C16H26FNO. The van der Waals surface area contributed by atoms with E-state index in [0.717, 1.165) is 19.4 Å². The average Bonchev–Trinajstić information content (AvgIpc) is 2.42. The van der Waals surface area contributed by atoms with Gasteiger partial charge in [-0.05, 0) is 31.9 Å². The van der Waals surface area contributed by atoms with Gasteiger partial charge in [-0.3, -0.25) is 0 Å². The second-order valence-corrected chi connectivity index (χ2v) is 5.18. The lowest BCUT2D eigenvalue weighted by atomic mass is 10.1. The van der Waals surface area contributed by atoms with Gasteiger partial charge in [0, 0.05) is 17.7 Å². The van der Waals surface area contributed by atoms with Crippen LogP contribution in [0.2, 0.25) is 0 Å². The Balaban J connectivity index is 2.63. The number of hydrogen-bond donors (Lipinski definition) is 1. The Kier molecular flexibility index (Phi) is 6.85. The van der Waals surface area contributed by atoms with Crippen molar-refractivity contribution in [3.8, 4) is 5.75 Å². The summed E-state index contributed by atoms with van der Waals surface area (Å²) in [6, 6.07) is 5.19. The molecule has 0 bridgehead atoms. The molecule has 0 saturated carbocycles. The third-order valence-corrected chi connectivity index (χ3v) is 3.37. The summed E-state index contributed by atoms with van der Waals surface area (Å²) in [6.07, 6.45) is 2.11. The van der Waals surface area contributed by atoms with Crippen LogP contribution in [0.3, 0.4) is 0 Å². The lowest BCUT2D eigenvalue weighted by molar-refractivity contribution is 0.255. The van der Waals surface area contributed by atoms with Crippen molar-refractivity contribution in [3.05, 3.63) is 29.6 Å². The minimum atomic E-state index is -0.197. The molecule has 0 saturated heterocycles. The summed E-state index contributed by atoms with van der Waals surface area (Å²) >= 11 is 0. The number of nitrogens with one attached hydrogen (secondary N) is 1. The summed E-state index contributed by atoms with van der Waals surface area (Å²) in [5.41, 5.74) is 0.698. The van der Waals surface area contributed by atoms with Gasteiger partial charge in [-0.1, -0.05) is 33.3 Å². The van der Waals surface area contributed by atoms with Gasteiger partial charge in [0.25, 0.3) is 0 Å². The molecule has 0 amide bonds. The molecule has 0 spiro atoms. The average molecular weight is 267 g/mol. The van der Waals surface area contributed by atoms with Crippen molar-refractivity contribution in [2.24, 2.45) is 5.92 Å². The van der Waals surface area contributed by atoms with Crippen molar-refractivity contribution in [2.45, 2.75) is 46.6 Å². The summed E-state index contributed by atoms with van der Waals surface area (Å²) in [5, 5.41) is 3.29. The summed E-state index contributed by atoms with van der Waals surface area (Å²) in [5.74, 6) is 0.912. The van der Waals surface area contributed by atoms with Crippen molar-refractivity contribution in [2.75, 3.05) is 13.2 Å². The van der Waals surface area contributed by atoms with Gasteiger partial charge in [-0.15, -0.1) is 0 Å². The van der Waals surface area contributed by atoms with Crippen LogP contribution in [-0.2, 0) is 0 Å². The molecule has 0 aliphatic carbocycles. The van der Waals surface area contributed by atoms with E-state index in [1.807, 2.05) is 19.1 Å². The topological polar surface area (TPSA) is 21.3 Å². The van der Waals surface area contributed by atoms with E-state index in [4.69, 9.17) is 4.74 Å². The Bertz CT molecular complexity index is 381. The molecule has 0 fully saturated rings. The van der Waals surface area contributed by atoms with E-state index >= 15 is 0 Å². The number of halogens is 1. The van der Waals surface area contributed by atoms with Crippen LogP contribution in [0.1, 0.15) is 52.1 Å². The zero-order valence-electron chi connectivity index (χ0n) is 12.5. The lowest BCUT2D eigenvalue weighted by Crippen LogP contribution is -2.20. The van der Waals surface area contributed by atoms with E-state index in [9.17, 15) is 4.39 Å². The third-order valence-electron chi connectivity index (χ3n) is 3.37. The van der Waals surface area contributed by atoms with Gasteiger partial charge in [0.1, 0.15) is 11.6 Å².